The number of anilines is 1. The molecule has 2 aliphatic carbocycles. The predicted octanol–water partition coefficient (Wildman–Crippen LogP) is 6.61. The van der Waals surface area contributed by atoms with Crippen LogP contribution in [0.15, 0.2) is 63.4 Å². The molecule has 210 valence electrons. The molecule has 1 heterocycles. The zero-order valence-electron chi connectivity index (χ0n) is 23.3. The first kappa shape index (κ1) is 28.1. The molecule has 8 heteroatoms. The lowest BCUT2D eigenvalue weighted by Crippen LogP contribution is -2.39. The van der Waals surface area contributed by atoms with Gasteiger partial charge in [-0.1, -0.05) is 12.1 Å². The normalized spacial score (nSPS) is 17.6. The highest BCUT2D eigenvalue weighted by molar-refractivity contribution is 9.10. The van der Waals surface area contributed by atoms with Crippen molar-refractivity contribution in [3.8, 4) is 11.5 Å². The summed E-state index contributed by atoms with van der Waals surface area (Å²) in [5.41, 5.74) is 6.15. The molecule has 0 spiro atoms. The second-order valence-electron chi connectivity index (χ2n) is 10.4. The van der Waals surface area contributed by atoms with Gasteiger partial charge >= 0.3 is 0 Å². The lowest BCUT2D eigenvalue weighted by atomic mass is 9.71. The maximum Gasteiger partial charge on any atom is 0.262 e. The fraction of sp³-hybridized carbons (Fsp3) is 0.406. The molecular formula is C32H35BrN2O5. The lowest BCUT2D eigenvalue weighted by Gasteiger charge is -2.43. The van der Waals surface area contributed by atoms with E-state index in [-0.39, 0.29) is 24.1 Å². The van der Waals surface area contributed by atoms with Crippen molar-refractivity contribution in [2.24, 2.45) is 0 Å². The highest BCUT2D eigenvalue weighted by Gasteiger charge is 2.43. The summed E-state index contributed by atoms with van der Waals surface area (Å²) in [5, 5.41) is 2.86. The predicted molar refractivity (Wildman–Crippen MR) is 158 cm³/mol. The van der Waals surface area contributed by atoms with Crippen LogP contribution in [0.4, 0.5) is 5.69 Å². The Labute approximate surface area is 243 Å². The summed E-state index contributed by atoms with van der Waals surface area (Å²) < 4.78 is 12.6. The number of rotatable bonds is 8. The zero-order valence-corrected chi connectivity index (χ0v) is 24.9. The number of ketones is 2. The monoisotopic (exact) mass is 606 g/mol. The first-order valence-electron chi connectivity index (χ1n) is 14.1. The van der Waals surface area contributed by atoms with Gasteiger partial charge in [0.25, 0.3) is 5.91 Å². The molecule has 3 aliphatic rings. The van der Waals surface area contributed by atoms with E-state index in [0.29, 0.717) is 41.1 Å². The minimum absolute atomic E-state index is 0.108. The molecule has 5 rings (SSSR count). The fourth-order valence-corrected chi connectivity index (χ4v) is 6.72. The number of aryl methyl sites for hydroxylation is 1. The van der Waals surface area contributed by atoms with E-state index in [9.17, 15) is 14.4 Å². The number of allylic oxidation sites excluding steroid dienone is 4. The topological polar surface area (TPSA) is 84.9 Å². The molecule has 0 radical (unpaired) electrons. The molecule has 7 nitrogen and oxygen atoms in total. The average Bonchev–Trinajstić information content (AvgIpc) is 2.92. The van der Waals surface area contributed by atoms with Gasteiger partial charge in [-0.15, -0.1) is 0 Å². The van der Waals surface area contributed by atoms with Gasteiger partial charge in [0, 0.05) is 53.5 Å². The van der Waals surface area contributed by atoms with Gasteiger partial charge in [0.15, 0.2) is 29.7 Å². The van der Waals surface area contributed by atoms with Crippen molar-refractivity contribution in [1.82, 2.24) is 4.90 Å². The Hall–Kier alpha value is -3.39. The smallest absolute Gasteiger partial charge is 0.262 e. The van der Waals surface area contributed by atoms with E-state index >= 15 is 0 Å². The molecule has 0 saturated carbocycles. The number of benzene rings is 2. The fourth-order valence-electron chi connectivity index (χ4n) is 6.15. The Morgan fingerprint density at radius 2 is 1.65 bits per heavy atom. The Kier molecular flexibility index (Phi) is 8.45. The van der Waals surface area contributed by atoms with Crippen LogP contribution in [-0.2, 0) is 14.4 Å². The first-order valence-corrected chi connectivity index (χ1v) is 14.9. The molecule has 1 aliphatic heterocycles. The van der Waals surface area contributed by atoms with Crippen LogP contribution in [-0.4, -0.2) is 42.1 Å². The van der Waals surface area contributed by atoms with Crippen LogP contribution in [0.1, 0.15) is 69.4 Å². The number of nitrogens with zero attached hydrogens (tertiary/aromatic N) is 1. The highest BCUT2D eigenvalue weighted by Crippen LogP contribution is 2.51. The number of carbonyl (C=O) groups is 3. The maximum atomic E-state index is 13.4. The van der Waals surface area contributed by atoms with Crippen LogP contribution in [0.5, 0.6) is 11.5 Å². The standard InChI is InChI=1S/C32H35BrN2O5/c1-4-35-23-11-7-13-25(36)30(23)29(31-24(35)12-8-14-26(31)37)20-16-22(33)32(27(17-20)39-5-2)40-18-28(38)34-21-10-6-9-19(3)15-21/h6,9-10,15-17,29H,4-5,7-8,11-14,18H2,1-3H3,(H,34,38). The highest BCUT2D eigenvalue weighted by atomic mass is 79.9. The van der Waals surface area contributed by atoms with Crippen LogP contribution in [0, 0.1) is 6.92 Å². The molecule has 40 heavy (non-hydrogen) atoms. The van der Waals surface area contributed by atoms with Gasteiger partial charge in [0.05, 0.1) is 11.1 Å². The molecule has 2 aromatic carbocycles. The number of amides is 1. The number of Topliss-reactive ketones (excluding diaryl/α,β-unsaturated/α-hetero) is 2. The number of ether oxygens (including phenoxy) is 2. The molecule has 1 N–H and O–H groups in total. The van der Waals surface area contributed by atoms with Crippen LogP contribution < -0.4 is 14.8 Å². The quantitative estimate of drug-likeness (QED) is 0.364. The van der Waals surface area contributed by atoms with Crippen molar-refractivity contribution in [2.75, 3.05) is 25.1 Å². The Balaban J connectivity index is 1.51. The Morgan fingerprint density at radius 3 is 2.25 bits per heavy atom. The van der Waals surface area contributed by atoms with Crippen LogP contribution in [0.25, 0.3) is 0 Å². The van der Waals surface area contributed by atoms with Crippen molar-refractivity contribution >= 4 is 39.1 Å². The van der Waals surface area contributed by atoms with Gasteiger partial charge in [-0.05, 0) is 97.8 Å². The third kappa shape index (κ3) is 5.46. The van der Waals surface area contributed by atoms with Crippen molar-refractivity contribution in [1.29, 1.82) is 0 Å². The van der Waals surface area contributed by atoms with Gasteiger partial charge in [0.1, 0.15) is 0 Å². The minimum atomic E-state index is -0.442. The van der Waals surface area contributed by atoms with E-state index in [1.807, 2.05) is 50.2 Å². The summed E-state index contributed by atoms with van der Waals surface area (Å²) in [6, 6.07) is 11.3. The molecule has 0 fully saturated rings. The van der Waals surface area contributed by atoms with Gasteiger partial charge < -0.3 is 19.7 Å². The van der Waals surface area contributed by atoms with Crippen molar-refractivity contribution in [2.45, 2.75) is 65.2 Å². The van der Waals surface area contributed by atoms with E-state index in [2.05, 4.69) is 33.1 Å². The molecule has 0 bridgehead atoms. The molecule has 2 aromatic rings. The van der Waals surface area contributed by atoms with Crippen molar-refractivity contribution in [3.05, 3.63) is 74.5 Å². The largest absolute Gasteiger partial charge is 0.490 e. The number of hydrogen-bond acceptors (Lipinski definition) is 6. The SMILES string of the molecule is CCOc1cc(C2C3=C(CCCC3=O)N(CC)C3=C2C(=O)CCC3)cc(Br)c1OCC(=O)Nc1cccc(C)c1. The van der Waals surface area contributed by atoms with Crippen LogP contribution in [0.3, 0.4) is 0 Å². The summed E-state index contributed by atoms with van der Waals surface area (Å²) in [6.07, 6.45) is 4.27. The number of halogens is 1. The number of carbonyl (C=O) groups excluding carboxylic acids is 3. The van der Waals surface area contributed by atoms with Crippen molar-refractivity contribution < 1.29 is 23.9 Å². The summed E-state index contributed by atoms with van der Waals surface area (Å²) >= 11 is 3.64. The van der Waals surface area contributed by atoms with E-state index in [1.165, 1.54) is 0 Å². The first-order chi connectivity index (χ1) is 19.3. The Bertz CT molecular complexity index is 1380. The second-order valence-corrected chi connectivity index (χ2v) is 11.3. The lowest BCUT2D eigenvalue weighted by molar-refractivity contribution is -0.118. The molecule has 0 saturated heterocycles. The van der Waals surface area contributed by atoms with E-state index in [1.54, 1.807) is 0 Å². The van der Waals surface area contributed by atoms with Gasteiger partial charge in [-0.2, -0.15) is 0 Å². The summed E-state index contributed by atoms with van der Waals surface area (Å²) in [5.74, 6) is 0.353. The maximum absolute atomic E-state index is 13.4. The third-order valence-corrected chi connectivity index (χ3v) is 8.31. The van der Waals surface area contributed by atoms with Crippen LogP contribution >= 0.6 is 15.9 Å². The molecule has 0 aromatic heterocycles. The Morgan fingerprint density at radius 1 is 0.975 bits per heavy atom. The van der Waals surface area contributed by atoms with E-state index in [0.717, 1.165) is 65.9 Å². The van der Waals surface area contributed by atoms with Crippen LogP contribution in [0.2, 0.25) is 0 Å². The van der Waals surface area contributed by atoms with Gasteiger partial charge in [-0.3, -0.25) is 14.4 Å². The molecular weight excluding hydrogens is 572 g/mol. The van der Waals surface area contributed by atoms with Gasteiger partial charge in [0.2, 0.25) is 0 Å². The minimum Gasteiger partial charge on any atom is -0.490 e. The summed E-state index contributed by atoms with van der Waals surface area (Å²) in [4.78, 5) is 41.7. The number of hydrogen-bond donors (Lipinski definition) is 1. The van der Waals surface area contributed by atoms with Gasteiger partial charge in [-0.25, -0.2) is 0 Å². The second kappa shape index (κ2) is 12.0. The average molecular weight is 608 g/mol. The zero-order chi connectivity index (χ0) is 28.4. The molecule has 1 amide bonds. The summed E-state index contributed by atoms with van der Waals surface area (Å²) in [6.45, 7) is 6.84. The number of nitrogens with one attached hydrogen (secondary N) is 1. The van der Waals surface area contributed by atoms with E-state index in [4.69, 9.17) is 9.47 Å². The third-order valence-electron chi connectivity index (χ3n) is 7.72. The van der Waals surface area contributed by atoms with E-state index < -0.39 is 5.92 Å². The molecule has 0 unspecified atom stereocenters. The summed E-state index contributed by atoms with van der Waals surface area (Å²) in [7, 11) is 0. The van der Waals surface area contributed by atoms with Crippen molar-refractivity contribution in [3.63, 3.8) is 0 Å². The molecule has 0 atom stereocenters.